The first-order valence-electron chi connectivity index (χ1n) is 12.3. The molecule has 2 aliphatic rings. The third kappa shape index (κ3) is 5.28. The van der Waals surface area contributed by atoms with Crippen LogP contribution in [0.15, 0.2) is 30.6 Å². The van der Waals surface area contributed by atoms with Crippen LogP contribution in [0, 0.1) is 5.82 Å². The van der Waals surface area contributed by atoms with Crippen molar-refractivity contribution in [1.29, 1.82) is 0 Å². The second-order valence-electron chi connectivity index (χ2n) is 9.54. The van der Waals surface area contributed by atoms with E-state index in [1.54, 1.807) is 0 Å². The molecule has 35 heavy (non-hydrogen) atoms. The highest BCUT2D eigenvalue weighted by atomic mass is 19.1. The van der Waals surface area contributed by atoms with E-state index in [4.69, 9.17) is 14.5 Å². The maximum Gasteiger partial charge on any atom is 0.223 e. The number of fused-ring (bicyclic) bond motifs is 1. The minimum Gasteiger partial charge on any atom is -0.389 e. The lowest BCUT2D eigenvalue weighted by atomic mass is 9.92. The van der Waals surface area contributed by atoms with Crippen LogP contribution >= 0.6 is 0 Å². The zero-order valence-corrected chi connectivity index (χ0v) is 20.2. The van der Waals surface area contributed by atoms with Crippen molar-refractivity contribution in [1.82, 2.24) is 19.9 Å². The fourth-order valence-electron chi connectivity index (χ4n) is 4.91. The first-order chi connectivity index (χ1) is 17.0. The molecule has 0 unspecified atom stereocenters. The smallest absolute Gasteiger partial charge is 0.223 e. The molecule has 2 N–H and O–H groups in total. The van der Waals surface area contributed by atoms with Gasteiger partial charge in [-0.15, -0.1) is 0 Å². The van der Waals surface area contributed by atoms with Crippen molar-refractivity contribution in [3.63, 3.8) is 0 Å². The predicted molar refractivity (Wildman–Crippen MR) is 132 cm³/mol. The predicted octanol–water partition coefficient (Wildman–Crippen LogP) is 3.35. The summed E-state index contributed by atoms with van der Waals surface area (Å²) < 4.78 is 25.7. The summed E-state index contributed by atoms with van der Waals surface area (Å²) in [5.41, 5.74) is 4.17. The van der Waals surface area contributed by atoms with Crippen molar-refractivity contribution in [2.75, 3.05) is 44.8 Å². The summed E-state index contributed by atoms with van der Waals surface area (Å²) in [5, 5.41) is 14.3. The number of anilines is 1. The molecule has 0 radical (unpaired) electrons. The summed E-state index contributed by atoms with van der Waals surface area (Å²) in [6.45, 7) is 9.27. The molecule has 2 atom stereocenters. The van der Waals surface area contributed by atoms with E-state index in [2.05, 4.69) is 34.0 Å². The number of aliphatic hydroxyl groups excluding tert-OH is 1. The molecule has 0 spiro atoms. The third-order valence-corrected chi connectivity index (χ3v) is 6.73. The molecule has 2 fully saturated rings. The number of pyridine rings is 1. The van der Waals surface area contributed by atoms with Gasteiger partial charge in [-0.05, 0) is 35.6 Å². The van der Waals surface area contributed by atoms with E-state index in [9.17, 15) is 9.50 Å². The van der Waals surface area contributed by atoms with Gasteiger partial charge in [-0.3, -0.25) is 9.88 Å². The van der Waals surface area contributed by atoms with Crippen LogP contribution in [0.4, 0.5) is 10.3 Å². The van der Waals surface area contributed by atoms with Crippen LogP contribution in [0.25, 0.3) is 22.2 Å². The van der Waals surface area contributed by atoms with E-state index in [0.29, 0.717) is 18.6 Å². The number of aromatic nitrogens is 3. The molecule has 0 saturated carbocycles. The average molecular weight is 482 g/mol. The molecular weight excluding hydrogens is 449 g/mol. The molecule has 2 saturated heterocycles. The number of rotatable bonds is 6. The Morgan fingerprint density at radius 1 is 1.14 bits per heavy atom. The van der Waals surface area contributed by atoms with Crippen LogP contribution in [0.3, 0.4) is 0 Å². The van der Waals surface area contributed by atoms with Crippen LogP contribution in [-0.2, 0) is 16.0 Å². The number of ether oxygens (including phenoxy) is 2. The van der Waals surface area contributed by atoms with Gasteiger partial charge in [-0.25, -0.2) is 14.4 Å². The summed E-state index contributed by atoms with van der Waals surface area (Å²) in [5.74, 6) is 0.0657. The molecule has 4 heterocycles. The monoisotopic (exact) mass is 481 g/mol. The first-order valence-corrected chi connectivity index (χ1v) is 12.3. The number of nitrogens with one attached hydrogen (secondary N) is 1. The maximum atomic E-state index is 14.9. The summed E-state index contributed by atoms with van der Waals surface area (Å²) in [4.78, 5) is 15.7. The molecule has 0 aliphatic carbocycles. The second kappa shape index (κ2) is 10.5. The van der Waals surface area contributed by atoms with E-state index in [-0.39, 0.29) is 30.2 Å². The third-order valence-electron chi connectivity index (χ3n) is 6.73. The van der Waals surface area contributed by atoms with Gasteiger partial charge in [0.1, 0.15) is 5.69 Å². The largest absolute Gasteiger partial charge is 0.389 e. The van der Waals surface area contributed by atoms with Crippen molar-refractivity contribution < 1.29 is 19.0 Å². The number of nitrogens with zero attached hydrogens (tertiary/aromatic N) is 4. The van der Waals surface area contributed by atoms with Gasteiger partial charge in [0.25, 0.3) is 0 Å². The number of benzene rings is 1. The van der Waals surface area contributed by atoms with E-state index in [1.165, 1.54) is 17.3 Å². The summed E-state index contributed by atoms with van der Waals surface area (Å²) in [7, 11) is 0. The molecular formula is C26H32FN5O3. The zero-order chi connectivity index (χ0) is 24.4. The molecule has 2 aliphatic heterocycles. The highest BCUT2D eigenvalue weighted by molar-refractivity contribution is 5.88. The Kier molecular flexibility index (Phi) is 7.19. The van der Waals surface area contributed by atoms with Gasteiger partial charge in [-0.2, -0.15) is 0 Å². The van der Waals surface area contributed by atoms with Crippen molar-refractivity contribution in [2.24, 2.45) is 0 Å². The zero-order valence-electron chi connectivity index (χ0n) is 20.2. The quantitative estimate of drug-likeness (QED) is 0.554. The summed E-state index contributed by atoms with van der Waals surface area (Å²) >= 11 is 0. The van der Waals surface area contributed by atoms with Crippen LogP contribution in [-0.4, -0.2) is 76.6 Å². The SMILES string of the molecule is CC(C)c1c(CN2CCOCC2)cnc2ccc(-c3nc(N[C@@H]4CCOC[C@H]4O)ncc3F)cc12. The van der Waals surface area contributed by atoms with E-state index >= 15 is 0 Å². The van der Waals surface area contributed by atoms with E-state index < -0.39 is 11.9 Å². The number of morpholine rings is 1. The van der Waals surface area contributed by atoms with Gasteiger partial charge >= 0.3 is 0 Å². The minimum absolute atomic E-state index is 0.222. The molecule has 0 bridgehead atoms. The molecule has 3 aromatic rings. The molecule has 5 rings (SSSR count). The fourth-order valence-corrected chi connectivity index (χ4v) is 4.91. The Hall–Kier alpha value is -2.72. The van der Waals surface area contributed by atoms with E-state index in [1.807, 2.05) is 24.4 Å². The van der Waals surface area contributed by atoms with Crippen LogP contribution in [0.5, 0.6) is 0 Å². The number of halogens is 1. The van der Waals surface area contributed by atoms with Crippen LogP contribution < -0.4 is 5.32 Å². The Morgan fingerprint density at radius 3 is 2.74 bits per heavy atom. The standard InChI is InChI=1S/C26H32FN5O3/c1-16(2)24-18(14-32-6-9-34-10-7-32)12-28-21-4-3-17(11-19(21)24)25-20(27)13-29-26(31-25)30-22-5-8-35-15-23(22)33/h3-4,11-13,16,22-23,33H,5-10,14-15H2,1-2H3,(H,29,30,31)/t22-,23-/m1/s1. The normalized spacial score (nSPS) is 21.5. The Bertz CT molecular complexity index is 1190. The van der Waals surface area contributed by atoms with Crippen LogP contribution in [0.1, 0.15) is 37.3 Å². The first kappa shape index (κ1) is 24.0. The topological polar surface area (TPSA) is 92.6 Å². The van der Waals surface area contributed by atoms with Crippen molar-refractivity contribution in [3.05, 3.63) is 47.5 Å². The fraction of sp³-hybridized carbons (Fsp3) is 0.500. The average Bonchev–Trinajstić information content (AvgIpc) is 2.86. The second-order valence-corrected chi connectivity index (χ2v) is 9.54. The highest BCUT2D eigenvalue weighted by Gasteiger charge is 2.25. The summed E-state index contributed by atoms with van der Waals surface area (Å²) in [6, 6.07) is 5.52. The number of aliphatic hydroxyl groups is 1. The molecule has 0 amide bonds. The molecule has 1 aromatic carbocycles. The molecule has 2 aromatic heterocycles. The highest BCUT2D eigenvalue weighted by Crippen LogP contribution is 2.32. The van der Waals surface area contributed by atoms with Gasteiger partial charge in [0.15, 0.2) is 5.82 Å². The van der Waals surface area contributed by atoms with E-state index in [0.717, 1.165) is 43.8 Å². The lowest BCUT2D eigenvalue weighted by Gasteiger charge is -2.28. The van der Waals surface area contributed by atoms with Crippen molar-refractivity contribution >= 4 is 16.9 Å². The van der Waals surface area contributed by atoms with Gasteiger partial charge in [0, 0.05) is 43.4 Å². The number of hydrogen-bond donors (Lipinski definition) is 2. The Labute approximate surface area is 204 Å². The molecule has 8 nitrogen and oxygen atoms in total. The molecule has 186 valence electrons. The molecule has 9 heteroatoms. The van der Waals surface area contributed by atoms with Crippen molar-refractivity contribution in [2.45, 2.75) is 44.9 Å². The van der Waals surface area contributed by atoms with Crippen LogP contribution in [0.2, 0.25) is 0 Å². The van der Waals surface area contributed by atoms with Gasteiger partial charge < -0.3 is 19.9 Å². The van der Waals surface area contributed by atoms with Gasteiger partial charge in [0.2, 0.25) is 5.95 Å². The Morgan fingerprint density at radius 2 is 1.97 bits per heavy atom. The van der Waals surface area contributed by atoms with Gasteiger partial charge in [-0.1, -0.05) is 19.9 Å². The minimum atomic E-state index is -0.661. The lowest BCUT2D eigenvalue weighted by molar-refractivity contribution is -0.0136. The maximum absolute atomic E-state index is 14.9. The van der Waals surface area contributed by atoms with Gasteiger partial charge in [0.05, 0.1) is 43.7 Å². The Balaban J connectivity index is 1.50. The lowest BCUT2D eigenvalue weighted by Crippen LogP contribution is -2.42. The number of hydrogen-bond acceptors (Lipinski definition) is 8. The summed E-state index contributed by atoms with van der Waals surface area (Å²) in [6.07, 6.45) is 3.12. The van der Waals surface area contributed by atoms with Crippen molar-refractivity contribution in [3.8, 4) is 11.3 Å².